The van der Waals surface area contributed by atoms with E-state index in [0.717, 1.165) is 11.4 Å². The fourth-order valence-electron chi connectivity index (χ4n) is 1.46. The third kappa shape index (κ3) is 2.88. The van der Waals surface area contributed by atoms with Crippen LogP contribution in [0.4, 0.5) is 11.6 Å². The van der Waals surface area contributed by atoms with E-state index in [2.05, 4.69) is 15.3 Å². The van der Waals surface area contributed by atoms with Gasteiger partial charge < -0.3 is 10.1 Å². The lowest BCUT2D eigenvalue weighted by atomic mass is 10.3. The zero-order valence-corrected chi connectivity index (χ0v) is 10.4. The molecule has 0 spiro atoms. The molecule has 0 aliphatic carbocycles. The smallest absolute Gasteiger partial charge is 0.255 e. The molecule has 0 aliphatic rings. The van der Waals surface area contributed by atoms with Crippen molar-refractivity contribution < 1.29 is 4.74 Å². The lowest BCUT2D eigenvalue weighted by Crippen LogP contribution is -2.12. The first kappa shape index (κ1) is 12.2. The largest absolute Gasteiger partial charge is 0.494 e. The van der Waals surface area contributed by atoms with Gasteiger partial charge >= 0.3 is 0 Å². The molecule has 5 heteroatoms. The highest BCUT2D eigenvalue weighted by molar-refractivity contribution is 5.54. The van der Waals surface area contributed by atoms with Gasteiger partial charge in [-0.15, -0.1) is 0 Å². The van der Waals surface area contributed by atoms with Crippen LogP contribution in [0.25, 0.3) is 0 Å². The Morgan fingerprint density at radius 2 is 2.06 bits per heavy atom. The van der Waals surface area contributed by atoms with Crippen molar-refractivity contribution in [2.24, 2.45) is 0 Å². The van der Waals surface area contributed by atoms with Gasteiger partial charge in [0.2, 0.25) is 5.95 Å². The number of ether oxygens (including phenoxy) is 1. The molecule has 94 valence electrons. The van der Waals surface area contributed by atoms with Gasteiger partial charge in [0.25, 0.3) is 5.56 Å². The van der Waals surface area contributed by atoms with Crippen molar-refractivity contribution in [2.75, 3.05) is 11.9 Å². The predicted octanol–water partition coefficient (Wildman–Crippen LogP) is 2.22. The molecule has 0 atom stereocenters. The van der Waals surface area contributed by atoms with Gasteiger partial charge in [-0.1, -0.05) is 0 Å². The SMILES string of the molecule is CCOc1ccc(Nc2ncc(C)c(=O)[nH]2)cc1. The first-order valence-corrected chi connectivity index (χ1v) is 5.75. The van der Waals surface area contributed by atoms with Crippen molar-refractivity contribution in [1.29, 1.82) is 0 Å². The minimum absolute atomic E-state index is 0.140. The summed E-state index contributed by atoms with van der Waals surface area (Å²) in [6.07, 6.45) is 1.54. The van der Waals surface area contributed by atoms with Crippen molar-refractivity contribution >= 4 is 11.6 Å². The summed E-state index contributed by atoms with van der Waals surface area (Å²) in [5.41, 5.74) is 1.29. The second kappa shape index (κ2) is 5.35. The molecule has 0 fully saturated rings. The molecule has 1 aromatic heterocycles. The van der Waals surface area contributed by atoms with Crippen LogP contribution in [0.2, 0.25) is 0 Å². The van der Waals surface area contributed by atoms with Gasteiger partial charge in [-0.25, -0.2) is 4.98 Å². The van der Waals surface area contributed by atoms with Crippen LogP contribution in [0.5, 0.6) is 5.75 Å². The molecule has 2 rings (SSSR count). The quantitative estimate of drug-likeness (QED) is 0.866. The molecule has 2 N–H and O–H groups in total. The van der Waals surface area contributed by atoms with Crippen LogP contribution >= 0.6 is 0 Å². The highest BCUT2D eigenvalue weighted by atomic mass is 16.5. The molecule has 0 saturated heterocycles. The molecule has 0 aliphatic heterocycles. The molecular weight excluding hydrogens is 230 g/mol. The molecule has 0 radical (unpaired) electrons. The van der Waals surface area contributed by atoms with Crippen molar-refractivity contribution in [3.05, 3.63) is 46.4 Å². The van der Waals surface area contributed by atoms with Crippen LogP contribution in [-0.2, 0) is 0 Å². The Kier molecular flexibility index (Phi) is 3.62. The Balaban J connectivity index is 2.13. The molecule has 5 nitrogen and oxygen atoms in total. The Morgan fingerprint density at radius 3 is 2.67 bits per heavy atom. The normalized spacial score (nSPS) is 10.1. The predicted molar refractivity (Wildman–Crippen MR) is 70.5 cm³/mol. The van der Waals surface area contributed by atoms with E-state index in [-0.39, 0.29) is 5.56 Å². The lowest BCUT2D eigenvalue weighted by molar-refractivity contribution is 0.340. The fourth-order valence-corrected chi connectivity index (χ4v) is 1.46. The highest BCUT2D eigenvalue weighted by Crippen LogP contribution is 2.17. The van der Waals surface area contributed by atoms with E-state index in [4.69, 9.17) is 4.74 Å². The zero-order chi connectivity index (χ0) is 13.0. The van der Waals surface area contributed by atoms with Crippen LogP contribution in [0.1, 0.15) is 12.5 Å². The van der Waals surface area contributed by atoms with E-state index in [1.165, 1.54) is 6.20 Å². The summed E-state index contributed by atoms with van der Waals surface area (Å²) in [5, 5.41) is 3.02. The van der Waals surface area contributed by atoms with Crippen molar-refractivity contribution in [1.82, 2.24) is 9.97 Å². The average Bonchev–Trinajstić information content (AvgIpc) is 2.37. The second-order valence-corrected chi connectivity index (χ2v) is 3.83. The van der Waals surface area contributed by atoms with Crippen LogP contribution in [-0.4, -0.2) is 16.6 Å². The third-order valence-corrected chi connectivity index (χ3v) is 2.41. The molecule has 1 heterocycles. The van der Waals surface area contributed by atoms with Crippen LogP contribution in [0, 0.1) is 6.92 Å². The van der Waals surface area contributed by atoms with Crippen molar-refractivity contribution in [2.45, 2.75) is 13.8 Å². The second-order valence-electron chi connectivity index (χ2n) is 3.83. The van der Waals surface area contributed by atoms with Crippen LogP contribution < -0.4 is 15.6 Å². The highest BCUT2D eigenvalue weighted by Gasteiger charge is 1.99. The minimum Gasteiger partial charge on any atom is -0.494 e. The topological polar surface area (TPSA) is 67.0 Å². The number of hydrogen-bond donors (Lipinski definition) is 2. The third-order valence-electron chi connectivity index (χ3n) is 2.41. The molecule has 18 heavy (non-hydrogen) atoms. The number of aromatic nitrogens is 2. The molecule has 1 aromatic carbocycles. The van der Waals surface area contributed by atoms with Gasteiger partial charge in [0.1, 0.15) is 5.75 Å². The van der Waals surface area contributed by atoms with Gasteiger partial charge in [0.15, 0.2) is 0 Å². The first-order chi connectivity index (χ1) is 8.69. The van der Waals surface area contributed by atoms with Gasteiger partial charge in [0, 0.05) is 17.4 Å². The number of nitrogens with one attached hydrogen (secondary N) is 2. The van der Waals surface area contributed by atoms with Gasteiger partial charge in [-0.3, -0.25) is 9.78 Å². The summed E-state index contributed by atoms with van der Waals surface area (Å²) < 4.78 is 5.34. The standard InChI is InChI=1S/C13H15N3O2/c1-3-18-11-6-4-10(5-7-11)15-13-14-8-9(2)12(17)16-13/h4-8H,3H2,1-2H3,(H2,14,15,16,17). The maximum Gasteiger partial charge on any atom is 0.255 e. The monoisotopic (exact) mass is 245 g/mol. The fraction of sp³-hybridized carbons (Fsp3) is 0.231. The summed E-state index contributed by atoms with van der Waals surface area (Å²) in [7, 11) is 0. The number of anilines is 2. The number of benzene rings is 1. The molecule has 2 aromatic rings. The van der Waals surface area contributed by atoms with Gasteiger partial charge in [0.05, 0.1) is 6.61 Å². The Hall–Kier alpha value is -2.30. The van der Waals surface area contributed by atoms with Crippen molar-refractivity contribution in [3.63, 3.8) is 0 Å². The Morgan fingerprint density at radius 1 is 1.33 bits per heavy atom. The Labute approximate surface area is 105 Å². The summed E-state index contributed by atoms with van der Waals surface area (Å²) in [6.45, 7) is 4.29. The number of hydrogen-bond acceptors (Lipinski definition) is 4. The number of aryl methyl sites for hydroxylation is 1. The minimum atomic E-state index is -0.140. The molecule has 0 bridgehead atoms. The summed E-state index contributed by atoms with van der Waals surface area (Å²) in [4.78, 5) is 18.2. The number of rotatable bonds is 4. The maximum atomic E-state index is 11.4. The number of nitrogens with zero attached hydrogens (tertiary/aromatic N) is 1. The van der Waals surface area contributed by atoms with E-state index < -0.39 is 0 Å². The lowest BCUT2D eigenvalue weighted by Gasteiger charge is -2.07. The van der Waals surface area contributed by atoms with Gasteiger partial charge in [-0.2, -0.15) is 0 Å². The molecule has 0 saturated carbocycles. The number of H-pyrrole nitrogens is 1. The van der Waals surface area contributed by atoms with E-state index in [0.29, 0.717) is 18.1 Å². The molecule has 0 amide bonds. The first-order valence-electron chi connectivity index (χ1n) is 5.75. The van der Waals surface area contributed by atoms with Crippen LogP contribution in [0.15, 0.2) is 35.3 Å². The molecule has 0 unspecified atom stereocenters. The van der Waals surface area contributed by atoms with E-state index >= 15 is 0 Å². The van der Waals surface area contributed by atoms with Gasteiger partial charge in [-0.05, 0) is 38.1 Å². The number of aromatic amines is 1. The van der Waals surface area contributed by atoms with Crippen molar-refractivity contribution in [3.8, 4) is 5.75 Å². The van der Waals surface area contributed by atoms with E-state index in [1.54, 1.807) is 6.92 Å². The van der Waals surface area contributed by atoms with E-state index in [9.17, 15) is 4.79 Å². The maximum absolute atomic E-state index is 11.4. The average molecular weight is 245 g/mol. The van der Waals surface area contributed by atoms with Crippen LogP contribution in [0.3, 0.4) is 0 Å². The summed E-state index contributed by atoms with van der Waals surface area (Å²) >= 11 is 0. The summed E-state index contributed by atoms with van der Waals surface area (Å²) in [6, 6.07) is 7.45. The molecular formula is C13H15N3O2. The summed E-state index contributed by atoms with van der Waals surface area (Å²) in [5.74, 6) is 1.24. The zero-order valence-electron chi connectivity index (χ0n) is 10.4. The van der Waals surface area contributed by atoms with E-state index in [1.807, 2.05) is 31.2 Å². The Bertz CT molecular complexity index is 576.